The van der Waals surface area contributed by atoms with Crippen molar-refractivity contribution in [1.82, 2.24) is 10.6 Å². The van der Waals surface area contributed by atoms with Crippen LogP contribution in [0.5, 0.6) is 0 Å². The molecular formula is C22H25FN2O4. The van der Waals surface area contributed by atoms with E-state index in [-0.39, 0.29) is 18.4 Å². The third-order valence-electron chi connectivity index (χ3n) is 4.40. The number of hydrogen-bond acceptors (Lipinski definition) is 4. The maximum absolute atomic E-state index is 14.0. The van der Waals surface area contributed by atoms with E-state index in [0.717, 1.165) is 11.1 Å². The number of hydrogen-bond donors (Lipinski definition) is 2. The SMILES string of the molecule is COC(=O)[C@@H](Cc1cccc(C)c1)NC(=O)[C@@H](Cc1ccccc1F)NC(C)=O. The highest BCUT2D eigenvalue weighted by atomic mass is 19.1. The Balaban J connectivity index is 2.19. The number of ether oxygens (including phenoxy) is 1. The van der Waals surface area contributed by atoms with Gasteiger partial charge in [-0.05, 0) is 24.1 Å². The lowest BCUT2D eigenvalue weighted by atomic mass is 10.0. The Bertz CT molecular complexity index is 885. The number of carbonyl (C=O) groups excluding carboxylic acids is 3. The smallest absolute Gasteiger partial charge is 0.328 e. The van der Waals surface area contributed by atoms with Crippen LogP contribution in [-0.2, 0) is 32.0 Å². The molecule has 0 aliphatic rings. The van der Waals surface area contributed by atoms with Crippen molar-refractivity contribution in [1.29, 1.82) is 0 Å². The molecule has 0 bridgehead atoms. The number of amides is 2. The molecular weight excluding hydrogens is 375 g/mol. The number of benzene rings is 2. The molecule has 2 aromatic rings. The molecule has 2 aromatic carbocycles. The zero-order valence-electron chi connectivity index (χ0n) is 16.7. The van der Waals surface area contributed by atoms with Gasteiger partial charge in [0, 0.05) is 19.8 Å². The fourth-order valence-electron chi connectivity index (χ4n) is 3.02. The van der Waals surface area contributed by atoms with Crippen LogP contribution in [0.15, 0.2) is 48.5 Å². The molecule has 0 unspecified atom stereocenters. The van der Waals surface area contributed by atoms with Crippen molar-refractivity contribution in [3.63, 3.8) is 0 Å². The number of esters is 1. The summed E-state index contributed by atoms with van der Waals surface area (Å²) in [7, 11) is 1.24. The van der Waals surface area contributed by atoms with Crippen molar-refractivity contribution in [2.45, 2.75) is 38.8 Å². The topological polar surface area (TPSA) is 84.5 Å². The van der Waals surface area contributed by atoms with Crippen molar-refractivity contribution in [2.24, 2.45) is 0 Å². The van der Waals surface area contributed by atoms with E-state index < -0.39 is 35.7 Å². The van der Waals surface area contributed by atoms with Gasteiger partial charge in [0.1, 0.15) is 17.9 Å². The lowest BCUT2D eigenvalue weighted by Crippen LogP contribution is -2.53. The van der Waals surface area contributed by atoms with Gasteiger partial charge < -0.3 is 15.4 Å². The highest BCUT2D eigenvalue weighted by molar-refractivity contribution is 5.90. The minimum Gasteiger partial charge on any atom is -0.467 e. The second kappa shape index (κ2) is 10.4. The van der Waals surface area contributed by atoms with Crippen molar-refractivity contribution in [3.05, 3.63) is 71.0 Å². The quantitative estimate of drug-likeness (QED) is 0.665. The van der Waals surface area contributed by atoms with E-state index in [0.29, 0.717) is 0 Å². The van der Waals surface area contributed by atoms with Gasteiger partial charge in [-0.2, -0.15) is 0 Å². The van der Waals surface area contributed by atoms with Crippen LogP contribution in [-0.4, -0.2) is 37.0 Å². The van der Waals surface area contributed by atoms with Gasteiger partial charge in [0.25, 0.3) is 0 Å². The maximum Gasteiger partial charge on any atom is 0.328 e. The Kier molecular flexibility index (Phi) is 7.88. The Morgan fingerprint density at radius 2 is 1.72 bits per heavy atom. The molecule has 0 radical (unpaired) electrons. The number of carbonyl (C=O) groups is 3. The van der Waals surface area contributed by atoms with Crippen molar-refractivity contribution in [3.8, 4) is 0 Å². The van der Waals surface area contributed by atoms with Crippen LogP contribution in [0.2, 0.25) is 0 Å². The van der Waals surface area contributed by atoms with Crippen molar-refractivity contribution in [2.75, 3.05) is 7.11 Å². The van der Waals surface area contributed by atoms with Gasteiger partial charge in [0.2, 0.25) is 11.8 Å². The second-order valence-electron chi connectivity index (χ2n) is 6.83. The lowest BCUT2D eigenvalue weighted by Gasteiger charge is -2.22. The van der Waals surface area contributed by atoms with Crippen LogP contribution in [0.3, 0.4) is 0 Å². The van der Waals surface area contributed by atoms with E-state index in [1.807, 2.05) is 31.2 Å². The van der Waals surface area contributed by atoms with Gasteiger partial charge in [0.15, 0.2) is 0 Å². The molecule has 2 N–H and O–H groups in total. The first-order chi connectivity index (χ1) is 13.8. The first-order valence-corrected chi connectivity index (χ1v) is 9.24. The van der Waals surface area contributed by atoms with Crippen LogP contribution in [0, 0.1) is 12.7 Å². The third-order valence-corrected chi connectivity index (χ3v) is 4.40. The highest BCUT2D eigenvalue weighted by Gasteiger charge is 2.27. The Hall–Kier alpha value is -3.22. The molecule has 0 aliphatic heterocycles. The van der Waals surface area contributed by atoms with Gasteiger partial charge in [-0.25, -0.2) is 9.18 Å². The van der Waals surface area contributed by atoms with Gasteiger partial charge in [-0.3, -0.25) is 9.59 Å². The van der Waals surface area contributed by atoms with E-state index in [9.17, 15) is 18.8 Å². The van der Waals surface area contributed by atoms with Crippen molar-refractivity contribution >= 4 is 17.8 Å². The van der Waals surface area contributed by atoms with E-state index in [1.165, 1.54) is 20.1 Å². The summed E-state index contributed by atoms with van der Waals surface area (Å²) in [5.74, 6) is -2.10. The minimum absolute atomic E-state index is 0.0452. The zero-order chi connectivity index (χ0) is 21.4. The van der Waals surface area contributed by atoms with Gasteiger partial charge in [-0.15, -0.1) is 0 Å². The molecule has 0 heterocycles. The van der Waals surface area contributed by atoms with Crippen LogP contribution in [0.25, 0.3) is 0 Å². The summed E-state index contributed by atoms with van der Waals surface area (Å²) in [4.78, 5) is 36.6. The third kappa shape index (κ3) is 6.71. The monoisotopic (exact) mass is 400 g/mol. The van der Waals surface area contributed by atoms with E-state index >= 15 is 0 Å². The molecule has 6 nitrogen and oxygen atoms in total. The molecule has 7 heteroatoms. The lowest BCUT2D eigenvalue weighted by molar-refractivity contribution is -0.145. The normalized spacial score (nSPS) is 12.6. The number of rotatable bonds is 8. The average molecular weight is 400 g/mol. The summed E-state index contributed by atoms with van der Waals surface area (Å²) in [5, 5.41) is 5.15. The molecule has 154 valence electrons. The average Bonchev–Trinajstić information content (AvgIpc) is 2.67. The highest BCUT2D eigenvalue weighted by Crippen LogP contribution is 2.11. The van der Waals surface area contributed by atoms with Crippen LogP contribution in [0.1, 0.15) is 23.6 Å². The predicted octanol–water partition coefficient (Wildman–Crippen LogP) is 2.08. The molecule has 0 spiro atoms. The van der Waals surface area contributed by atoms with E-state index in [4.69, 9.17) is 4.74 Å². The summed E-state index contributed by atoms with van der Waals surface area (Å²) >= 11 is 0. The van der Waals surface area contributed by atoms with Gasteiger partial charge in [-0.1, -0.05) is 48.0 Å². The van der Waals surface area contributed by atoms with Gasteiger partial charge in [0.05, 0.1) is 7.11 Å². The summed E-state index contributed by atoms with van der Waals surface area (Å²) < 4.78 is 18.8. The predicted molar refractivity (Wildman–Crippen MR) is 107 cm³/mol. The Morgan fingerprint density at radius 3 is 2.34 bits per heavy atom. The largest absolute Gasteiger partial charge is 0.467 e. The first kappa shape index (κ1) is 22.1. The molecule has 0 aliphatic carbocycles. The van der Waals surface area contributed by atoms with Crippen molar-refractivity contribution < 1.29 is 23.5 Å². The number of nitrogens with one attached hydrogen (secondary N) is 2. The van der Waals surface area contributed by atoms with E-state index in [2.05, 4.69) is 10.6 Å². The summed E-state index contributed by atoms with van der Waals surface area (Å²) in [6.45, 7) is 3.20. The summed E-state index contributed by atoms with van der Waals surface area (Å²) in [6, 6.07) is 11.6. The van der Waals surface area contributed by atoms with E-state index in [1.54, 1.807) is 18.2 Å². The van der Waals surface area contributed by atoms with Crippen LogP contribution in [0.4, 0.5) is 4.39 Å². The molecule has 2 amide bonds. The molecule has 0 saturated heterocycles. The molecule has 2 rings (SSSR count). The van der Waals surface area contributed by atoms with Gasteiger partial charge >= 0.3 is 5.97 Å². The molecule has 2 atom stereocenters. The number of halogens is 1. The summed E-state index contributed by atoms with van der Waals surface area (Å²) in [6.07, 6.45) is 0.184. The number of methoxy groups -OCH3 is 1. The Labute approximate surface area is 169 Å². The molecule has 29 heavy (non-hydrogen) atoms. The maximum atomic E-state index is 14.0. The molecule has 0 aromatic heterocycles. The van der Waals surface area contributed by atoms with Crippen LogP contribution >= 0.6 is 0 Å². The first-order valence-electron chi connectivity index (χ1n) is 9.24. The fourth-order valence-corrected chi connectivity index (χ4v) is 3.02. The fraction of sp³-hybridized carbons (Fsp3) is 0.318. The summed E-state index contributed by atoms with van der Waals surface area (Å²) in [5.41, 5.74) is 2.16. The minimum atomic E-state index is -1.03. The molecule has 0 fully saturated rings. The molecule has 0 saturated carbocycles. The second-order valence-corrected chi connectivity index (χ2v) is 6.83. The zero-order valence-corrected chi connectivity index (χ0v) is 16.7. The Morgan fingerprint density at radius 1 is 1.00 bits per heavy atom. The number of aryl methyl sites for hydroxylation is 1. The standard InChI is InChI=1S/C22H25FN2O4/c1-14-7-6-8-16(11-14)12-20(22(28)29-3)25-21(27)19(24-15(2)26)13-17-9-4-5-10-18(17)23/h4-11,19-20H,12-13H2,1-3H3,(H,24,26)(H,25,27)/t19-,20-/m1/s1. The van der Waals surface area contributed by atoms with Crippen LogP contribution < -0.4 is 10.6 Å².